The maximum absolute atomic E-state index is 9.06. The highest BCUT2D eigenvalue weighted by atomic mass is 16.5. The lowest BCUT2D eigenvalue weighted by Crippen LogP contribution is -2.03. The van der Waals surface area contributed by atoms with Crippen molar-refractivity contribution < 1.29 is 4.74 Å². The molecule has 0 radical (unpaired) electrons. The van der Waals surface area contributed by atoms with Crippen molar-refractivity contribution in [3.8, 4) is 24.0 Å². The Morgan fingerprint density at radius 2 is 1.75 bits per heavy atom. The predicted molar refractivity (Wildman–Crippen MR) is 73.6 cm³/mol. The molecule has 0 saturated carbocycles. The van der Waals surface area contributed by atoms with Crippen molar-refractivity contribution >= 4 is 6.08 Å². The summed E-state index contributed by atoms with van der Waals surface area (Å²) in [5.74, 6) is 0.724. The number of rotatable bonds is 4. The van der Waals surface area contributed by atoms with Gasteiger partial charge in [0.25, 0.3) is 0 Å². The highest BCUT2D eigenvalue weighted by Gasteiger charge is 2.07. The van der Waals surface area contributed by atoms with Gasteiger partial charge in [-0.1, -0.05) is 12.1 Å². The number of hydrogen-bond acceptors (Lipinski definition) is 5. The van der Waals surface area contributed by atoms with Gasteiger partial charge in [-0.15, -0.1) is 0 Å². The van der Waals surface area contributed by atoms with Crippen LogP contribution in [0.1, 0.15) is 12.5 Å². The van der Waals surface area contributed by atoms with Crippen molar-refractivity contribution in [2.24, 2.45) is 5.73 Å². The summed E-state index contributed by atoms with van der Waals surface area (Å²) in [5, 5.41) is 26.5. The lowest BCUT2D eigenvalue weighted by Gasteiger charge is -2.03. The van der Waals surface area contributed by atoms with Gasteiger partial charge in [0.05, 0.1) is 17.9 Å². The van der Waals surface area contributed by atoms with E-state index in [-0.39, 0.29) is 16.8 Å². The third-order valence-corrected chi connectivity index (χ3v) is 2.41. The van der Waals surface area contributed by atoms with E-state index in [9.17, 15) is 0 Å². The average Bonchev–Trinajstić information content (AvgIpc) is 2.48. The summed E-state index contributed by atoms with van der Waals surface area (Å²) in [7, 11) is 0. The van der Waals surface area contributed by atoms with E-state index < -0.39 is 0 Å². The number of nitrogens with zero attached hydrogens (tertiary/aromatic N) is 3. The predicted octanol–water partition coefficient (Wildman–Crippen LogP) is 2.25. The van der Waals surface area contributed by atoms with E-state index in [1.807, 2.05) is 13.0 Å². The van der Waals surface area contributed by atoms with Crippen LogP contribution < -0.4 is 10.5 Å². The molecule has 1 aromatic rings. The van der Waals surface area contributed by atoms with Crippen LogP contribution >= 0.6 is 0 Å². The molecule has 5 heteroatoms. The van der Waals surface area contributed by atoms with Crippen molar-refractivity contribution in [3.63, 3.8) is 0 Å². The first kappa shape index (κ1) is 14.8. The molecule has 0 bridgehead atoms. The highest BCUT2D eigenvalue weighted by molar-refractivity contribution is 5.66. The molecular weight excluding hydrogens is 252 g/mol. The van der Waals surface area contributed by atoms with Gasteiger partial charge in [-0.3, -0.25) is 0 Å². The molecule has 2 N–H and O–H groups in total. The fourth-order valence-corrected chi connectivity index (χ4v) is 1.44. The van der Waals surface area contributed by atoms with Gasteiger partial charge >= 0.3 is 0 Å². The molecule has 0 aliphatic heterocycles. The maximum atomic E-state index is 9.06. The van der Waals surface area contributed by atoms with Crippen molar-refractivity contribution in [1.29, 1.82) is 15.8 Å². The SMILES string of the molecule is CCOc1ccc(C=C(C#N)C(N)=C(C#N)C#N)cc1. The van der Waals surface area contributed by atoms with Crippen LogP contribution in [0.5, 0.6) is 5.75 Å². The van der Waals surface area contributed by atoms with Gasteiger partial charge in [0.1, 0.15) is 24.0 Å². The molecule has 0 saturated heterocycles. The van der Waals surface area contributed by atoms with Crippen molar-refractivity contribution in [3.05, 3.63) is 46.7 Å². The second-order valence-corrected chi connectivity index (χ2v) is 3.68. The third kappa shape index (κ3) is 3.63. The van der Waals surface area contributed by atoms with Crippen LogP contribution in [0.15, 0.2) is 41.1 Å². The number of allylic oxidation sites excluding steroid dienone is 2. The van der Waals surface area contributed by atoms with Gasteiger partial charge in [0.2, 0.25) is 0 Å². The number of ether oxygens (including phenoxy) is 1. The monoisotopic (exact) mass is 264 g/mol. The highest BCUT2D eigenvalue weighted by Crippen LogP contribution is 2.17. The summed E-state index contributed by atoms with van der Waals surface area (Å²) in [6.07, 6.45) is 1.51. The summed E-state index contributed by atoms with van der Waals surface area (Å²) in [6.45, 7) is 2.46. The standard InChI is InChI=1S/C15H12N4O/c1-2-20-14-5-3-11(4-6-14)7-12(8-16)15(19)13(9-17)10-18/h3-7H,2,19H2,1H3. The first-order chi connectivity index (χ1) is 9.65. The van der Waals surface area contributed by atoms with Gasteiger partial charge in [-0.05, 0) is 30.7 Å². The van der Waals surface area contributed by atoms with Crippen LogP contribution in [0.2, 0.25) is 0 Å². The maximum Gasteiger partial charge on any atom is 0.153 e. The van der Waals surface area contributed by atoms with Gasteiger partial charge in [0.15, 0.2) is 5.57 Å². The molecule has 20 heavy (non-hydrogen) atoms. The van der Waals surface area contributed by atoms with E-state index in [0.29, 0.717) is 6.61 Å². The Morgan fingerprint density at radius 1 is 1.15 bits per heavy atom. The summed E-state index contributed by atoms with van der Waals surface area (Å²) in [6, 6.07) is 12.2. The van der Waals surface area contributed by atoms with Crippen LogP contribution in [0.4, 0.5) is 0 Å². The molecule has 0 heterocycles. The summed E-state index contributed by atoms with van der Waals surface area (Å²) in [5.41, 5.74) is 6.05. The largest absolute Gasteiger partial charge is 0.494 e. The molecule has 0 amide bonds. The van der Waals surface area contributed by atoms with E-state index in [0.717, 1.165) is 11.3 Å². The molecule has 0 spiro atoms. The minimum absolute atomic E-state index is 0.0762. The van der Waals surface area contributed by atoms with Crippen LogP contribution in [-0.4, -0.2) is 6.61 Å². The zero-order chi connectivity index (χ0) is 15.0. The van der Waals surface area contributed by atoms with Crippen molar-refractivity contribution in [2.75, 3.05) is 6.61 Å². The number of nitriles is 3. The van der Waals surface area contributed by atoms with Crippen molar-refractivity contribution in [2.45, 2.75) is 6.92 Å². The number of hydrogen-bond donors (Lipinski definition) is 1. The van der Waals surface area contributed by atoms with E-state index in [1.54, 1.807) is 36.4 Å². The average molecular weight is 264 g/mol. The Bertz CT molecular complexity index is 648. The number of nitrogens with two attached hydrogens (primary N) is 1. The molecule has 0 aliphatic rings. The second-order valence-electron chi connectivity index (χ2n) is 3.68. The smallest absolute Gasteiger partial charge is 0.153 e. The minimum Gasteiger partial charge on any atom is -0.494 e. The molecule has 98 valence electrons. The molecule has 5 nitrogen and oxygen atoms in total. The van der Waals surface area contributed by atoms with Crippen LogP contribution in [-0.2, 0) is 0 Å². The van der Waals surface area contributed by atoms with E-state index in [2.05, 4.69) is 0 Å². The van der Waals surface area contributed by atoms with Crippen molar-refractivity contribution in [1.82, 2.24) is 0 Å². The minimum atomic E-state index is -0.274. The van der Waals surface area contributed by atoms with Crippen LogP contribution in [0.3, 0.4) is 0 Å². The van der Waals surface area contributed by atoms with Gasteiger partial charge in [-0.2, -0.15) is 15.8 Å². The first-order valence-corrected chi connectivity index (χ1v) is 5.81. The lowest BCUT2D eigenvalue weighted by atomic mass is 10.1. The van der Waals surface area contributed by atoms with Crippen LogP contribution in [0, 0.1) is 34.0 Å². The Labute approximate surface area is 117 Å². The Hall–Kier alpha value is -3.23. The summed E-state index contributed by atoms with van der Waals surface area (Å²) >= 11 is 0. The molecule has 1 rings (SSSR count). The second kappa shape index (κ2) is 7.26. The quantitative estimate of drug-likeness (QED) is 0.663. The lowest BCUT2D eigenvalue weighted by molar-refractivity contribution is 0.340. The summed E-state index contributed by atoms with van der Waals surface area (Å²) < 4.78 is 5.31. The zero-order valence-electron chi connectivity index (χ0n) is 10.9. The van der Waals surface area contributed by atoms with E-state index >= 15 is 0 Å². The fourth-order valence-electron chi connectivity index (χ4n) is 1.44. The van der Waals surface area contributed by atoms with Gasteiger partial charge in [-0.25, -0.2) is 0 Å². The van der Waals surface area contributed by atoms with Gasteiger partial charge in [0, 0.05) is 0 Å². The molecule has 1 aromatic carbocycles. The third-order valence-electron chi connectivity index (χ3n) is 2.41. The molecular formula is C15H12N4O. The molecule has 0 aromatic heterocycles. The molecule has 0 unspecified atom stereocenters. The van der Waals surface area contributed by atoms with E-state index in [1.165, 1.54) is 6.08 Å². The van der Waals surface area contributed by atoms with Gasteiger partial charge < -0.3 is 10.5 Å². The Kier molecular flexibility index (Phi) is 5.38. The molecule has 0 aliphatic carbocycles. The summed E-state index contributed by atoms with van der Waals surface area (Å²) in [4.78, 5) is 0. The Morgan fingerprint density at radius 3 is 2.20 bits per heavy atom. The first-order valence-electron chi connectivity index (χ1n) is 5.81. The number of benzene rings is 1. The fraction of sp³-hybridized carbons (Fsp3) is 0.133. The van der Waals surface area contributed by atoms with E-state index in [4.69, 9.17) is 26.3 Å². The molecule has 0 fully saturated rings. The van der Waals surface area contributed by atoms with Crippen LogP contribution in [0.25, 0.3) is 6.08 Å². The normalized spacial score (nSPS) is 9.80. The Balaban J connectivity index is 3.14. The topological polar surface area (TPSA) is 107 Å². The molecule has 0 atom stereocenters. The zero-order valence-corrected chi connectivity index (χ0v) is 10.9.